The largest absolute Gasteiger partial charge is 0.496 e. The van der Waals surface area contributed by atoms with Gasteiger partial charge >= 0.3 is 0 Å². The van der Waals surface area contributed by atoms with Crippen LogP contribution in [0.15, 0.2) is 24.3 Å². The number of nitrogens with two attached hydrogens (primary N) is 1. The Hall–Kier alpha value is -1.85. The molecule has 102 valence electrons. The molecule has 0 spiro atoms. The fraction of sp³-hybridized carbons (Fsp3) is 0.357. The van der Waals surface area contributed by atoms with E-state index in [9.17, 15) is 5.11 Å². The van der Waals surface area contributed by atoms with Gasteiger partial charge in [-0.25, -0.2) is 4.98 Å². The number of aliphatic hydroxyl groups is 1. The van der Waals surface area contributed by atoms with Crippen LogP contribution in [0.3, 0.4) is 0 Å². The number of aromatic nitrogens is 1. The molecule has 3 N–H and O–H groups in total. The number of aliphatic hydroxyl groups excluding tert-OH is 1. The van der Waals surface area contributed by atoms with Crippen molar-refractivity contribution >= 4 is 10.9 Å². The third-order valence-corrected chi connectivity index (χ3v) is 2.89. The van der Waals surface area contributed by atoms with Crippen LogP contribution >= 0.6 is 0 Å². The van der Waals surface area contributed by atoms with Gasteiger partial charge in [0.1, 0.15) is 5.75 Å². The molecule has 0 saturated carbocycles. The first kappa shape index (κ1) is 13.6. The second kappa shape index (κ2) is 5.86. The van der Waals surface area contributed by atoms with Crippen LogP contribution in [0.1, 0.15) is 18.6 Å². The minimum absolute atomic E-state index is 0.179. The van der Waals surface area contributed by atoms with Gasteiger partial charge in [-0.1, -0.05) is 6.07 Å². The van der Waals surface area contributed by atoms with E-state index in [1.54, 1.807) is 13.2 Å². The Morgan fingerprint density at radius 3 is 2.79 bits per heavy atom. The number of fused-ring (bicyclic) bond motifs is 1. The van der Waals surface area contributed by atoms with Crippen LogP contribution in [-0.4, -0.2) is 30.4 Å². The number of pyridine rings is 1. The Morgan fingerprint density at radius 2 is 2.16 bits per heavy atom. The quantitative estimate of drug-likeness (QED) is 0.856. The molecule has 0 aliphatic rings. The molecule has 1 aromatic heterocycles. The van der Waals surface area contributed by atoms with Crippen LogP contribution in [0, 0.1) is 0 Å². The first-order valence-electron chi connectivity index (χ1n) is 6.19. The van der Waals surface area contributed by atoms with Gasteiger partial charge in [-0.2, -0.15) is 0 Å². The summed E-state index contributed by atoms with van der Waals surface area (Å²) in [6.45, 7) is 2.63. The lowest BCUT2D eigenvalue weighted by Gasteiger charge is -2.12. The molecule has 0 bridgehead atoms. The summed E-state index contributed by atoms with van der Waals surface area (Å²) in [5.74, 6) is 1.19. The number of hydrogen-bond acceptors (Lipinski definition) is 5. The highest BCUT2D eigenvalue weighted by atomic mass is 16.5. The predicted octanol–water partition coefficient (Wildman–Crippen LogP) is 1.63. The summed E-state index contributed by atoms with van der Waals surface area (Å²) in [5, 5.41) is 10.6. The minimum Gasteiger partial charge on any atom is -0.496 e. The van der Waals surface area contributed by atoms with E-state index in [1.165, 1.54) is 0 Å². The number of nitrogens with zero attached hydrogens (tertiary/aromatic N) is 1. The summed E-state index contributed by atoms with van der Waals surface area (Å²) in [4.78, 5) is 4.38. The van der Waals surface area contributed by atoms with Crippen molar-refractivity contribution in [1.82, 2.24) is 4.98 Å². The second-order valence-electron chi connectivity index (χ2n) is 4.12. The van der Waals surface area contributed by atoms with E-state index >= 15 is 0 Å². The maximum absolute atomic E-state index is 9.78. The molecule has 2 aromatic rings. The van der Waals surface area contributed by atoms with Crippen LogP contribution in [-0.2, 0) is 0 Å². The van der Waals surface area contributed by atoms with Crippen LogP contribution in [0.25, 0.3) is 10.9 Å². The van der Waals surface area contributed by atoms with Gasteiger partial charge in [-0.05, 0) is 24.6 Å². The zero-order valence-corrected chi connectivity index (χ0v) is 11.1. The van der Waals surface area contributed by atoms with Gasteiger partial charge in [0.05, 0.1) is 25.3 Å². The third kappa shape index (κ3) is 2.77. The molecule has 19 heavy (non-hydrogen) atoms. The monoisotopic (exact) mass is 262 g/mol. The Morgan fingerprint density at radius 1 is 1.37 bits per heavy atom. The molecule has 0 radical (unpaired) electrons. The highest BCUT2D eigenvalue weighted by Gasteiger charge is 2.11. The summed E-state index contributed by atoms with van der Waals surface area (Å²) in [7, 11) is 1.59. The Labute approximate surface area is 112 Å². The van der Waals surface area contributed by atoms with Crippen molar-refractivity contribution in [2.75, 3.05) is 20.3 Å². The summed E-state index contributed by atoms with van der Waals surface area (Å²) in [5.41, 5.74) is 6.97. The predicted molar refractivity (Wildman–Crippen MR) is 73.5 cm³/mol. The van der Waals surface area contributed by atoms with Crippen LogP contribution < -0.4 is 15.2 Å². The van der Waals surface area contributed by atoms with Gasteiger partial charge in [-0.15, -0.1) is 0 Å². The molecule has 0 amide bonds. The molecule has 5 nitrogen and oxygen atoms in total. The van der Waals surface area contributed by atoms with Crippen molar-refractivity contribution in [2.24, 2.45) is 5.73 Å². The zero-order valence-electron chi connectivity index (χ0n) is 11.1. The molecule has 0 fully saturated rings. The minimum atomic E-state index is -0.680. The molecule has 0 aliphatic carbocycles. The van der Waals surface area contributed by atoms with Crippen molar-refractivity contribution < 1.29 is 14.6 Å². The molecular formula is C14H18N2O3. The number of hydrogen-bond donors (Lipinski definition) is 2. The molecular weight excluding hydrogens is 244 g/mol. The fourth-order valence-corrected chi connectivity index (χ4v) is 1.92. The first-order chi connectivity index (χ1) is 9.19. The maximum atomic E-state index is 9.78. The van der Waals surface area contributed by atoms with Crippen molar-refractivity contribution in [1.29, 1.82) is 0 Å². The lowest BCUT2D eigenvalue weighted by molar-refractivity contribution is 0.187. The zero-order chi connectivity index (χ0) is 13.8. The molecule has 1 unspecified atom stereocenters. The van der Waals surface area contributed by atoms with Gasteiger partial charge in [0.2, 0.25) is 5.88 Å². The highest BCUT2D eigenvalue weighted by molar-refractivity contribution is 5.86. The van der Waals surface area contributed by atoms with E-state index in [4.69, 9.17) is 15.2 Å². The Kier molecular flexibility index (Phi) is 4.19. The van der Waals surface area contributed by atoms with E-state index in [0.717, 1.165) is 16.5 Å². The molecule has 2 rings (SSSR count). The summed E-state index contributed by atoms with van der Waals surface area (Å²) in [6.07, 6.45) is -0.680. The van der Waals surface area contributed by atoms with Crippen LogP contribution in [0.4, 0.5) is 0 Å². The van der Waals surface area contributed by atoms with E-state index in [0.29, 0.717) is 18.2 Å². The highest BCUT2D eigenvalue weighted by Crippen LogP contribution is 2.30. The van der Waals surface area contributed by atoms with Crippen LogP contribution in [0.5, 0.6) is 11.6 Å². The molecule has 1 heterocycles. The summed E-state index contributed by atoms with van der Waals surface area (Å²) >= 11 is 0. The first-order valence-corrected chi connectivity index (χ1v) is 6.19. The van der Waals surface area contributed by atoms with Gasteiger partial charge in [0.15, 0.2) is 0 Å². The standard InChI is InChI=1S/C14H18N2O3/c1-3-19-14-7-13(18-2)10-6-9(12(17)8-15)4-5-11(10)16-14/h4-7,12,17H,3,8,15H2,1-2H3. The molecule has 0 saturated heterocycles. The number of benzene rings is 1. The maximum Gasteiger partial charge on any atom is 0.217 e. The van der Waals surface area contributed by atoms with Crippen molar-refractivity contribution in [3.8, 4) is 11.6 Å². The Balaban J connectivity index is 2.55. The normalized spacial score (nSPS) is 12.4. The smallest absolute Gasteiger partial charge is 0.217 e. The van der Waals surface area contributed by atoms with E-state index < -0.39 is 6.10 Å². The fourth-order valence-electron chi connectivity index (χ4n) is 1.92. The van der Waals surface area contributed by atoms with E-state index in [-0.39, 0.29) is 6.54 Å². The van der Waals surface area contributed by atoms with Gasteiger partial charge < -0.3 is 20.3 Å². The topological polar surface area (TPSA) is 77.6 Å². The van der Waals surface area contributed by atoms with Gasteiger partial charge in [0, 0.05) is 18.0 Å². The van der Waals surface area contributed by atoms with Gasteiger partial charge in [-0.3, -0.25) is 0 Å². The number of ether oxygens (including phenoxy) is 2. The van der Waals surface area contributed by atoms with E-state index in [1.807, 2.05) is 25.1 Å². The molecule has 5 heteroatoms. The van der Waals surface area contributed by atoms with Crippen molar-refractivity contribution in [2.45, 2.75) is 13.0 Å². The number of methoxy groups -OCH3 is 1. The average molecular weight is 262 g/mol. The van der Waals surface area contributed by atoms with E-state index in [2.05, 4.69) is 4.98 Å². The van der Waals surface area contributed by atoms with Gasteiger partial charge in [0.25, 0.3) is 0 Å². The molecule has 0 aliphatic heterocycles. The lowest BCUT2D eigenvalue weighted by atomic mass is 10.1. The average Bonchev–Trinajstić information content (AvgIpc) is 2.45. The molecule has 1 atom stereocenters. The van der Waals surface area contributed by atoms with Crippen LogP contribution in [0.2, 0.25) is 0 Å². The molecule has 1 aromatic carbocycles. The third-order valence-electron chi connectivity index (χ3n) is 2.89. The van der Waals surface area contributed by atoms with Crippen molar-refractivity contribution in [3.05, 3.63) is 29.8 Å². The summed E-state index contributed by atoms with van der Waals surface area (Å²) < 4.78 is 10.7. The lowest BCUT2D eigenvalue weighted by Crippen LogP contribution is -2.11. The van der Waals surface area contributed by atoms with Crippen molar-refractivity contribution in [3.63, 3.8) is 0 Å². The SMILES string of the molecule is CCOc1cc(OC)c2cc(C(O)CN)ccc2n1. The second-order valence-corrected chi connectivity index (χ2v) is 4.12. The summed E-state index contributed by atoms with van der Waals surface area (Å²) in [6, 6.07) is 7.22. The number of rotatable bonds is 5. The Bertz CT molecular complexity index is 572.